The standard InChI is InChI=1S/C13H17BFNO2/c1-12(2)13(3,4)18-14(17-12)8-7-10-6-5-9-16-11(10)15/h5-9H,1-4H3/b8-7+. The summed E-state index contributed by atoms with van der Waals surface area (Å²) in [6.07, 6.45) is 3.05. The summed E-state index contributed by atoms with van der Waals surface area (Å²) in [5.74, 6) is 1.21. The third kappa shape index (κ3) is 2.47. The van der Waals surface area contributed by atoms with Gasteiger partial charge in [-0.2, -0.15) is 4.39 Å². The van der Waals surface area contributed by atoms with Gasteiger partial charge >= 0.3 is 7.12 Å². The van der Waals surface area contributed by atoms with Gasteiger partial charge in [-0.1, -0.05) is 12.1 Å². The van der Waals surface area contributed by atoms with Crippen molar-refractivity contribution in [2.75, 3.05) is 0 Å². The SMILES string of the molecule is CC1(C)OB(/C=C/c2cccnc2F)OC1(C)C. The third-order valence-corrected chi connectivity index (χ3v) is 3.49. The van der Waals surface area contributed by atoms with Crippen LogP contribution in [0.3, 0.4) is 0 Å². The van der Waals surface area contributed by atoms with Gasteiger partial charge in [0.15, 0.2) is 0 Å². The van der Waals surface area contributed by atoms with Gasteiger partial charge in [-0.3, -0.25) is 0 Å². The largest absolute Gasteiger partial charge is 0.487 e. The quantitative estimate of drug-likeness (QED) is 0.596. The molecule has 0 saturated carbocycles. The molecule has 0 unspecified atom stereocenters. The molecule has 0 atom stereocenters. The van der Waals surface area contributed by atoms with E-state index in [1.165, 1.54) is 6.20 Å². The highest BCUT2D eigenvalue weighted by Crippen LogP contribution is 2.36. The Labute approximate surface area is 107 Å². The van der Waals surface area contributed by atoms with Crippen molar-refractivity contribution < 1.29 is 13.7 Å². The Hall–Kier alpha value is -1.20. The number of aromatic nitrogens is 1. The lowest BCUT2D eigenvalue weighted by atomic mass is 9.89. The lowest BCUT2D eigenvalue weighted by Crippen LogP contribution is -2.41. The fraction of sp³-hybridized carbons (Fsp3) is 0.462. The summed E-state index contributed by atoms with van der Waals surface area (Å²) in [7, 11) is -0.463. The van der Waals surface area contributed by atoms with Gasteiger partial charge in [-0.15, -0.1) is 0 Å². The van der Waals surface area contributed by atoms with E-state index < -0.39 is 13.1 Å². The Morgan fingerprint density at radius 2 is 1.83 bits per heavy atom. The maximum Gasteiger partial charge on any atom is 0.487 e. The first-order valence-electron chi connectivity index (χ1n) is 5.96. The molecular weight excluding hydrogens is 232 g/mol. The van der Waals surface area contributed by atoms with Crippen LogP contribution < -0.4 is 0 Å². The number of hydrogen-bond acceptors (Lipinski definition) is 3. The lowest BCUT2D eigenvalue weighted by molar-refractivity contribution is 0.00578. The van der Waals surface area contributed by atoms with Crippen molar-refractivity contribution in [1.29, 1.82) is 0 Å². The monoisotopic (exact) mass is 249 g/mol. The molecule has 1 aliphatic heterocycles. The number of nitrogens with zero attached hydrogens (tertiary/aromatic N) is 1. The van der Waals surface area contributed by atoms with Crippen molar-refractivity contribution in [3.63, 3.8) is 0 Å². The van der Waals surface area contributed by atoms with Crippen molar-refractivity contribution in [2.45, 2.75) is 38.9 Å². The van der Waals surface area contributed by atoms with E-state index in [9.17, 15) is 4.39 Å². The molecule has 96 valence electrons. The first-order valence-corrected chi connectivity index (χ1v) is 5.96. The predicted octanol–water partition coefficient (Wildman–Crippen LogP) is 2.87. The van der Waals surface area contributed by atoms with E-state index in [0.29, 0.717) is 5.56 Å². The summed E-state index contributed by atoms with van der Waals surface area (Å²) < 4.78 is 24.9. The molecule has 0 N–H and O–H groups in total. The summed E-state index contributed by atoms with van der Waals surface area (Å²) in [4.78, 5) is 3.58. The van der Waals surface area contributed by atoms with Crippen LogP contribution in [0.2, 0.25) is 0 Å². The molecule has 1 aliphatic rings. The highest BCUT2D eigenvalue weighted by molar-refractivity contribution is 6.52. The van der Waals surface area contributed by atoms with Crippen LogP contribution in [-0.4, -0.2) is 23.3 Å². The molecule has 0 bridgehead atoms. The van der Waals surface area contributed by atoms with Gasteiger partial charge in [-0.25, -0.2) is 4.98 Å². The maximum absolute atomic E-state index is 13.3. The lowest BCUT2D eigenvalue weighted by Gasteiger charge is -2.32. The van der Waals surface area contributed by atoms with Crippen LogP contribution in [-0.2, 0) is 9.31 Å². The van der Waals surface area contributed by atoms with Crippen LogP contribution in [0.15, 0.2) is 24.3 Å². The Balaban J connectivity index is 2.11. The van der Waals surface area contributed by atoms with Gasteiger partial charge in [0, 0.05) is 11.8 Å². The fourth-order valence-electron chi connectivity index (χ4n) is 1.67. The average molecular weight is 249 g/mol. The summed E-state index contributed by atoms with van der Waals surface area (Å²) in [6.45, 7) is 7.91. The molecule has 3 nitrogen and oxygen atoms in total. The molecule has 1 fully saturated rings. The van der Waals surface area contributed by atoms with Crippen LogP contribution in [0.1, 0.15) is 33.3 Å². The molecule has 0 radical (unpaired) electrons. The van der Waals surface area contributed by atoms with E-state index in [0.717, 1.165) is 0 Å². The molecule has 1 aromatic rings. The minimum absolute atomic E-state index is 0.379. The highest BCUT2D eigenvalue weighted by Gasteiger charge is 2.49. The second kappa shape index (κ2) is 4.48. The van der Waals surface area contributed by atoms with Gasteiger partial charge < -0.3 is 9.31 Å². The van der Waals surface area contributed by atoms with E-state index in [-0.39, 0.29) is 11.2 Å². The molecular formula is C13H17BFNO2. The summed E-state index contributed by atoms with van der Waals surface area (Å²) in [5.41, 5.74) is -0.336. The molecule has 0 spiro atoms. The van der Waals surface area contributed by atoms with Crippen molar-refractivity contribution >= 4 is 13.2 Å². The molecule has 0 aromatic carbocycles. The Kier molecular flexibility index (Phi) is 3.30. The van der Waals surface area contributed by atoms with Crippen LogP contribution in [0.4, 0.5) is 4.39 Å². The second-order valence-electron chi connectivity index (χ2n) is 5.37. The number of rotatable bonds is 2. The highest BCUT2D eigenvalue weighted by atomic mass is 19.1. The topological polar surface area (TPSA) is 31.4 Å². The van der Waals surface area contributed by atoms with E-state index >= 15 is 0 Å². The first-order chi connectivity index (χ1) is 8.32. The molecule has 2 rings (SSSR count). The zero-order valence-electron chi connectivity index (χ0n) is 11.1. The van der Waals surface area contributed by atoms with Crippen molar-refractivity contribution in [2.24, 2.45) is 0 Å². The summed E-state index contributed by atoms with van der Waals surface area (Å²) in [5, 5.41) is 0. The van der Waals surface area contributed by atoms with Crippen molar-refractivity contribution in [3.05, 3.63) is 35.8 Å². The molecule has 1 saturated heterocycles. The van der Waals surface area contributed by atoms with Gasteiger partial charge in [0.1, 0.15) is 0 Å². The number of pyridine rings is 1. The molecule has 5 heteroatoms. The van der Waals surface area contributed by atoms with E-state index in [2.05, 4.69) is 4.98 Å². The van der Waals surface area contributed by atoms with E-state index in [4.69, 9.17) is 9.31 Å². The van der Waals surface area contributed by atoms with Crippen LogP contribution in [0.5, 0.6) is 0 Å². The maximum atomic E-state index is 13.3. The van der Waals surface area contributed by atoms with E-state index in [1.54, 1.807) is 24.2 Å². The Bertz CT molecular complexity index is 458. The Morgan fingerprint density at radius 1 is 1.22 bits per heavy atom. The van der Waals surface area contributed by atoms with E-state index in [1.807, 2.05) is 27.7 Å². The summed E-state index contributed by atoms with van der Waals surface area (Å²) in [6, 6.07) is 3.34. The Morgan fingerprint density at radius 3 is 2.39 bits per heavy atom. The molecule has 1 aromatic heterocycles. The first kappa shape index (κ1) is 13.2. The number of halogens is 1. The smallest absolute Gasteiger partial charge is 0.400 e. The minimum Gasteiger partial charge on any atom is -0.400 e. The minimum atomic E-state index is -0.495. The second-order valence-corrected chi connectivity index (χ2v) is 5.37. The zero-order valence-corrected chi connectivity index (χ0v) is 11.1. The molecule has 0 aliphatic carbocycles. The normalized spacial score (nSPS) is 21.7. The molecule has 0 amide bonds. The van der Waals surface area contributed by atoms with Crippen LogP contribution >= 0.6 is 0 Å². The predicted molar refractivity (Wildman–Crippen MR) is 69.3 cm³/mol. The molecule has 2 heterocycles. The van der Waals surface area contributed by atoms with Crippen LogP contribution in [0, 0.1) is 5.95 Å². The number of hydrogen-bond donors (Lipinski definition) is 0. The molecule has 18 heavy (non-hydrogen) atoms. The van der Waals surface area contributed by atoms with Gasteiger partial charge in [0.25, 0.3) is 0 Å². The third-order valence-electron chi connectivity index (χ3n) is 3.49. The van der Waals surface area contributed by atoms with Gasteiger partial charge in [-0.05, 0) is 39.8 Å². The average Bonchev–Trinajstić information content (AvgIpc) is 2.46. The van der Waals surface area contributed by atoms with Gasteiger partial charge in [0.2, 0.25) is 5.95 Å². The zero-order chi connectivity index (χ0) is 13.4. The van der Waals surface area contributed by atoms with Crippen molar-refractivity contribution in [3.8, 4) is 0 Å². The van der Waals surface area contributed by atoms with Gasteiger partial charge in [0.05, 0.1) is 11.2 Å². The van der Waals surface area contributed by atoms with Crippen LogP contribution in [0.25, 0.3) is 6.08 Å². The van der Waals surface area contributed by atoms with Crippen molar-refractivity contribution in [1.82, 2.24) is 4.98 Å². The summed E-state index contributed by atoms with van der Waals surface area (Å²) >= 11 is 0. The fourth-order valence-corrected chi connectivity index (χ4v) is 1.67.